The molecule has 0 fully saturated rings. The molecule has 0 bridgehead atoms. The molecule has 0 aromatic heterocycles. The minimum atomic E-state index is -3.37. The van der Waals surface area contributed by atoms with E-state index in [2.05, 4.69) is 16.1 Å². The van der Waals surface area contributed by atoms with Crippen LogP contribution in [0.25, 0.3) is 0 Å². The topological polar surface area (TPSA) is 61.4 Å². The molecule has 1 aromatic carbocycles. The van der Waals surface area contributed by atoms with Gasteiger partial charge in [-0.05, 0) is 38.4 Å². The molecule has 0 aliphatic rings. The number of benzene rings is 1. The van der Waals surface area contributed by atoms with E-state index in [0.717, 1.165) is 25.1 Å². The van der Waals surface area contributed by atoms with Gasteiger partial charge in [-0.2, -0.15) is 12.7 Å². The van der Waals surface area contributed by atoms with Crippen molar-refractivity contribution in [2.24, 2.45) is 0 Å². The van der Waals surface area contributed by atoms with Crippen LogP contribution in [0.4, 0.5) is 0 Å². The molecular weight excluding hydrogens is 286 g/mol. The van der Waals surface area contributed by atoms with Gasteiger partial charge in [0.05, 0.1) is 0 Å². The molecule has 0 radical (unpaired) electrons. The number of nitrogens with one attached hydrogen (secondary N) is 2. The van der Waals surface area contributed by atoms with Crippen LogP contribution >= 0.6 is 0 Å². The predicted molar refractivity (Wildman–Crippen MR) is 87.6 cm³/mol. The van der Waals surface area contributed by atoms with Crippen molar-refractivity contribution in [3.05, 3.63) is 35.4 Å². The summed E-state index contributed by atoms with van der Waals surface area (Å²) in [5.74, 6) is 0. The van der Waals surface area contributed by atoms with Gasteiger partial charge in [-0.3, -0.25) is 0 Å². The van der Waals surface area contributed by atoms with Crippen LogP contribution in [0.3, 0.4) is 0 Å². The highest BCUT2D eigenvalue weighted by atomic mass is 32.2. The summed E-state index contributed by atoms with van der Waals surface area (Å²) >= 11 is 0. The van der Waals surface area contributed by atoms with E-state index in [9.17, 15) is 8.42 Å². The second-order valence-corrected chi connectivity index (χ2v) is 7.03. The number of hydrogen-bond acceptors (Lipinski definition) is 3. The first-order valence-electron chi connectivity index (χ1n) is 7.43. The van der Waals surface area contributed by atoms with Gasteiger partial charge in [-0.1, -0.05) is 36.8 Å². The van der Waals surface area contributed by atoms with Crippen molar-refractivity contribution in [2.45, 2.75) is 26.7 Å². The Labute approximate surface area is 128 Å². The van der Waals surface area contributed by atoms with Gasteiger partial charge in [0.1, 0.15) is 0 Å². The Morgan fingerprint density at radius 3 is 2.67 bits per heavy atom. The highest BCUT2D eigenvalue weighted by Gasteiger charge is 2.15. The molecule has 6 heteroatoms. The van der Waals surface area contributed by atoms with Crippen molar-refractivity contribution in [3.63, 3.8) is 0 Å². The van der Waals surface area contributed by atoms with Gasteiger partial charge in [-0.15, -0.1) is 0 Å². The third-order valence-electron chi connectivity index (χ3n) is 3.27. The molecule has 0 aliphatic heterocycles. The zero-order chi connectivity index (χ0) is 15.7. The third-order valence-corrected chi connectivity index (χ3v) is 4.84. The van der Waals surface area contributed by atoms with Crippen LogP contribution in [0, 0.1) is 6.92 Å². The summed E-state index contributed by atoms with van der Waals surface area (Å²) in [5, 5.41) is 3.18. The molecule has 0 amide bonds. The third kappa shape index (κ3) is 7.04. The molecule has 120 valence electrons. The Morgan fingerprint density at radius 2 is 2.00 bits per heavy atom. The molecule has 1 rings (SSSR count). The quantitative estimate of drug-likeness (QED) is 0.640. The molecular formula is C15H27N3O2S. The van der Waals surface area contributed by atoms with Crippen molar-refractivity contribution < 1.29 is 8.42 Å². The van der Waals surface area contributed by atoms with Crippen molar-refractivity contribution in [2.75, 3.05) is 33.2 Å². The maximum Gasteiger partial charge on any atom is 0.279 e. The average molecular weight is 313 g/mol. The molecule has 5 nitrogen and oxygen atoms in total. The standard InChI is InChI=1S/C15H27N3O2S/c1-4-16-10-6-12-18(3)21(19,20)17-11-9-15-8-5-7-14(2)13-15/h5,7-8,13,16-17H,4,6,9-12H2,1-3H3. The second-order valence-electron chi connectivity index (χ2n) is 5.17. The zero-order valence-electron chi connectivity index (χ0n) is 13.2. The maximum absolute atomic E-state index is 12.0. The Bertz CT molecular complexity index is 517. The number of rotatable bonds is 10. The molecule has 0 aliphatic carbocycles. The molecule has 0 saturated carbocycles. The highest BCUT2D eigenvalue weighted by molar-refractivity contribution is 7.87. The first-order valence-corrected chi connectivity index (χ1v) is 8.87. The Hall–Kier alpha value is -0.950. The minimum absolute atomic E-state index is 0.420. The normalized spacial score (nSPS) is 12.0. The molecule has 0 spiro atoms. The van der Waals surface area contributed by atoms with Gasteiger partial charge < -0.3 is 5.32 Å². The summed E-state index contributed by atoms with van der Waals surface area (Å²) in [7, 11) is -1.76. The van der Waals surface area contributed by atoms with Crippen LogP contribution < -0.4 is 10.0 Å². The Balaban J connectivity index is 2.35. The molecule has 2 N–H and O–H groups in total. The van der Waals surface area contributed by atoms with E-state index in [4.69, 9.17) is 0 Å². The van der Waals surface area contributed by atoms with Gasteiger partial charge >= 0.3 is 0 Å². The van der Waals surface area contributed by atoms with Gasteiger partial charge in [0.15, 0.2) is 0 Å². The van der Waals surface area contributed by atoms with E-state index in [-0.39, 0.29) is 0 Å². The Kier molecular flexibility index (Phi) is 7.88. The molecule has 0 unspecified atom stereocenters. The van der Waals surface area contributed by atoms with Gasteiger partial charge in [-0.25, -0.2) is 4.72 Å². The summed E-state index contributed by atoms with van der Waals surface area (Å²) in [6, 6.07) is 8.12. The predicted octanol–water partition coefficient (Wildman–Crippen LogP) is 1.30. The molecule has 0 atom stereocenters. The van der Waals surface area contributed by atoms with E-state index in [1.807, 2.05) is 32.0 Å². The fourth-order valence-corrected chi connectivity index (χ4v) is 2.98. The average Bonchev–Trinajstić information content (AvgIpc) is 2.43. The van der Waals surface area contributed by atoms with Gasteiger partial charge in [0, 0.05) is 20.1 Å². The first kappa shape index (κ1) is 18.1. The van der Waals surface area contributed by atoms with Crippen LogP contribution in [0.5, 0.6) is 0 Å². The number of nitrogens with zero attached hydrogens (tertiary/aromatic N) is 1. The summed E-state index contributed by atoms with van der Waals surface area (Å²) < 4.78 is 28.1. The lowest BCUT2D eigenvalue weighted by Gasteiger charge is -2.17. The fraction of sp³-hybridized carbons (Fsp3) is 0.600. The minimum Gasteiger partial charge on any atom is -0.317 e. The monoisotopic (exact) mass is 313 g/mol. The van der Waals surface area contributed by atoms with E-state index in [1.165, 1.54) is 9.87 Å². The van der Waals surface area contributed by atoms with Crippen LogP contribution in [0.15, 0.2) is 24.3 Å². The van der Waals surface area contributed by atoms with Crippen molar-refractivity contribution in [1.82, 2.24) is 14.3 Å². The Morgan fingerprint density at radius 1 is 1.24 bits per heavy atom. The van der Waals surface area contributed by atoms with Crippen LogP contribution in [0.1, 0.15) is 24.5 Å². The number of aryl methyl sites for hydroxylation is 1. The van der Waals surface area contributed by atoms with E-state index < -0.39 is 10.2 Å². The summed E-state index contributed by atoms with van der Waals surface area (Å²) in [5.41, 5.74) is 2.34. The lowest BCUT2D eigenvalue weighted by Crippen LogP contribution is -2.40. The summed E-state index contributed by atoms with van der Waals surface area (Å²) in [4.78, 5) is 0. The smallest absolute Gasteiger partial charge is 0.279 e. The van der Waals surface area contributed by atoms with Crippen LogP contribution in [-0.2, 0) is 16.6 Å². The van der Waals surface area contributed by atoms with E-state index in [1.54, 1.807) is 7.05 Å². The van der Waals surface area contributed by atoms with Gasteiger partial charge in [0.25, 0.3) is 10.2 Å². The maximum atomic E-state index is 12.0. The highest BCUT2D eigenvalue weighted by Crippen LogP contribution is 2.04. The first-order chi connectivity index (χ1) is 9.95. The zero-order valence-corrected chi connectivity index (χ0v) is 14.0. The largest absolute Gasteiger partial charge is 0.317 e. The van der Waals surface area contributed by atoms with Crippen LogP contribution in [-0.4, -0.2) is 45.9 Å². The molecule has 0 heterocycles. The second kappa shape index (κ2) is 9.15. The SMILES string of the molecule is CCNCCCN(C)S(=O)(=O)NCCc1cccc(C)c1. The molecule has 1 aromatic rings. The fourth-order valence-electron chi connectivity index (χ4n) is 2.03. The lowest BCUT2D eigenvalue weighted by atomic mass is 10.1. The van der Waals surface area contributed by atoms with Crippen molar-refractivity contribution in [1.29, 1.82) is 0 Å². The van der Waals surface area contributed by atoms with Crippen LogP contribution in [0.2, 0.25) is 0 Å². The summed E-state index contributed by atoms with van der Waals surface area (Å²) in [6.45, 7) is 6.75. The van der Waals surface area contributed by atoms with Crippen molar-refractivity contribution >= 4 is 10.2 Å². The number of hydrogen-bond donors (Lipinski definition) is 2. The van der Waals surface area contributed by atoms with E-state index >= 15 is 0 Å². The van der Waals surface area contributed by atoms with Gasteiger partial charge in [0.2, 0.25) is 0 Å². The molecule has 0 saturated heterocycles. The summed E-state index contributed by atoms with van der Waals surface area (Å²) in [6.07, 6.45) is 1.51. The molecule has 21 heavy (non-hydrogen) atoms. The lowest BCUT2D eigenvalue weighted by molar-refractivity contribution is 0.446. The van der Waals surface area contributed by atoms with E-state index in [0.29, 0.717) is 19.5 Å². The van der Waals surface area contributed by atoms with Crippen molar-refractivity contribution in [3.8, 4) is 0 Å².